The second kappa shape index (κ2) is 7.31. The number of aliphatic hydroxyl groups excluding tert-OH is 1. The average Bonchev–Trinajstić information content (AvgIpc) is 2.64. The first-order chi connectivity index (χ1) is 14.2. The van der Waals surface area contributed by atoms with Crippen LogP contribution in [0.2, 0.25) is 0 Å². The predicted octanol–water partition coefficient (Wildman–Crippen LogP) is 1.86. The number of nitrogens with zero attached hydrogens (tertiary/aromatic N) is 3. The zero-order chi connectivity index (χ0) is 20.0. The number of carbonyl (C=O) groups is 2. The minimum absolute atomic E-state index is 0.0808. The van der Waals surface area contributed by atoms with Gasteiger partial charge in [0, 0.05) is 59.5 Å². The van der Waals surface area contributed by atoms with Crippen LogP contribution in [0.25, 0.3) is 10.8 Å². The highest BCUT2D eigenvalue weighted by atomic mass is 16.5. The van der Waals surface area contributed by atoms with E-state index in [9.17, 15) is 9.59 Å². The summed E-state index contributed by atoms with van der Waals surface area (Å²) in [4.78, 5) is 32.3. The van der Waals surface area contributed by atoms with Crippen molar-refractivity contribution in [2.24, 2.45) is 0 Å². The van der Waals surface area contributed by atoms with Crippen molar-refractivity contribution >= 4 is 34.0 Å². The zero-order valence-corrected chi connectivity index (χ0v) is 16.4. The normalized spacial score (nSPS) is 18.3. The third-order valence-corrected chi connectivity index (χ3v) is 6.16. The van der Waals surface area contributed by atoms with Gasteiger partial charge in [0.05, 0.1) is 26.4 Å². The van der Waals surface area contributed by atoms with E-state index in [4.69, 9.17) is 9.84 Å². The lowest BCUT2D eigenvalue weighted by atomic mass is 9.90. The van der Waals surface area contributed by atoms with Crippen LogP contribution in [0, 0.1) is 0 Å². The van der Waals surface area contributed by atoms with Gasteiger partial charge in [0.2, 0.25) is 0 Å². The number of hydrogen-bond acceptors (Lipinski definition) is 6. The molecule has 3 heterocycles. The molecule has 3 aliphatic heterocycles. The van der Waals surface area contributed by atoms with Crippen molar-refractivity contribution in [3.8, 4) is 0 Å². The van der Waals surface area contributed by atoms with Gasteiger partial charge in [-0.1, -0.05) is 0 Å². The van der Waals surface area contributed by atoms with Crippen LogP contribution < -0.4 is 9.80 Å². The monoisotopic (exact) mass is 395 g/mol. The molecule has 5 rings (SSSR count). The summed E-state index contributed by atoms with van der Waals surface area (Å²) in [6, 6.07) is 7.82. The lowest BCUT2D eigenvalue weighted by molar-refractivity contribution is 0.0478. The SMILES string of the molecule is O=C1c2ccc(N3CCC3)c3c(N4CCC4)ccc(c23)C(=O)N1CCOCCO. The molecule has 29 heavy (non-hydrogen) atoms. The van der Waals surface area contributed by atoms with Gasteiger partial charge in [-0.05, 0) is 37.1 Å². The summed E-state index contributed by atoms with van der Waals surface area (Å²) in [6.45, 7) is 4.54. The molecule has 0 unspecified atom stereocenters. The summed E-state index contributed by atoms with van der Waals surface area (Å²) in [7, 11) is 0. The number of anilines is 2. The van der Waals surface area contributed by atoms with Crippen molar-refractivity contribution in [1.82, 2.24) is 4.90 Å². The number of imide groups is 1. The third kappa shape index (κ3) is 2.88. The van der Waals surface area contributed by atoms with Gasteiger partial charge in [-0.2, -0.15) is 0 Å². The Kier molecular flexibility index (Phi) is 4.64. The maximum Gasteiger partial charge on any atom is 0.261 e. The summed E-state index contributed by atoms with van der Waals surface area (Å²) in [6.07, 6.45) is 2.34. The molecule has 3 aliphatic rings. The topological polar surface area (TPSA) is 73.3 Å². The maximum atomic E-state index is 13.2. The largest absolute Gasteiger partial charge is 0.394 e. The average molecular weight is 395 g/mol. The van der Waals surface area contributed by atoms with Crippen LogP contribution in [-0.4, -0.2) is 74.4 Å². The Morgan fingerprint density at radius 1 is 0.793 bits per heavy atom. The highest BCUT2D eigenvalue weighted by molar-refractivity contribution is 6.28. The highest BCUT2D eigenvalue weighted by Gasteiger charge is 2.35. The molecule has 0 atom stereocenters. The van der Waals surface area contributed by atoms with Gasteiger partial charge in [0.15, 0.2) is 0 Å². The molecular formula is C22H25N3O4. The van der Waals surface area contributed by atoms with Gasteiger partial charge in [0.1, 0.15) is 0 Å². The number of rotatable bonds is 7. The molecule has 0 aromatic heterocycles. The molecule has 7 nitrogen and oxygen atoms in total. The molecule has 0 bridgehead atoms. The lowest BCUT2D eigenvalue weighted by Crippen LogP contribution is -2.43. The molecule has 0 spiro atoms. The second-order valence-corrected chi connectivity index (χ2v) is 7.79. The molecule has 152 valence electrons. The number of aliphatic hydroxyl groups is 1. The summed E-state index contributed by atoms with van der Waals surface area (Å²) in [5.74, 6) is -0.535. The van der Waals surface area contributed by atoms with E-state index in [0.717, 1.165) is 48.3 Å². The van der Waals surface area contributed by atoms with Crippen LogP contribution in [-0.2, 0) is 4.74 Å². The van der Waals surface area contributed by atoms with Gasteiger partial charge in [-0.25, -0.2) is 0 Å². The van der Waals surface area contributed by atoms with Crippen LogP contribution in [0.15, 0.2) is 24.3 Å². The Hall–Kier alpha value is -2.64. The minimum Gasteiger partial charge on any atom is -0.394 e. The van der Waals surface area contributed by atoms with Gasteiger partial charge in [-0.15, -0.1) is 0 Å². The minimum atomic E-state index is -0.268. The molecule has 2 fully saturated rings. The molecule has 0 radical (unpaired) electrons. The van der Waals surface area contributed by atoms with Crippen LogP contribution in [0.4, 0.5) is 11.4 Å². The predicted molar refractivity (Wildman–Crippen MR) is 111 cm³/mol. The van der Waals surface area contributed by atoms with Crippen LogP contribution in [0.5, 0.6) is 0 Å². The molecule has 2 aromatic rings. The Labute approximate surface area is 169 Å². The van der Waals surface area contributed by atoms with Gasteiger partial charge in [-0.3, -0.25) is 14.5 Å². The fourth-order valence-corrected chi connectivity index (χ4v) is 4.37. The number of benzene rings is 2. The first kappa shape index (κ1) is 18.4. The molecule has 2 amide bonds. The van der Waals surface area contributed by atoms with E-state index in [1.165, 1.54) is 17.7 Å². The Bertz CT molecular complexity index is 913. The fraction of sp³-hybridized carbons (Fsp3) is 0.455. The molecule has 0 saturated carbocycles. The van der Waals surface area contributed by atoms with Crippen molar-refractivity contribution < 1.29 is 19.4 Å². The van der Waals surface area contributed by atoms with E-state index in [-0.39, 0.29) is 38.2 Å². The van der Waals surface area contributed by atoms with Gasteiger partial charge in [0.25, 0.3) is 11.8 Å². The van der Waals surface area contributed by atoms with Crippen LogP contribution in [0.1, 0.15) is 33.6 Å². The first-order valence-electron chi connectivity index (χ1n) is 10.3. The lowest BCUT2D eigenvalue weighted by Gasteiger charge is -2.39. The zero-order valence-electron chi connectivity index (χ0n) is 16.4. The highest BCUT2D eigenvalue weighted by Crippen LogP contribution is 2.43. The van der Waals surface area contributed by atoms with Crippen LogP contribution >= 0.6 is 0 Å². The molecule has 7 heteroatoms. The van der Waals surface area contributed by atoms with E-state index >= 15 is 0 Å². The molecule has 2 saturated heterocycles. The van der Waals surface area contributed by atoms with Crippen molar-refractivity contribution in [1.29, 1.82) is 0 Å². The molecule has 0 aliphatic carbocycles. The number of hydrogen-bond donors (Lipinski definition) is 1. The van der Waals surface area contributed by atoms with E-state index < -0.39 is 0 Å². The van der Waals surface area contributed by atoms with E-state index in [1.807, 2.05) is 24.3 Å². The van der Waals surface area contributed by atoms with E-state index in [0.29, 0.717) is 11.1 Å². The fourth-order valence-electron chi connectivity index (χ4n) is 4.37. The van der Waals surface area contributed by atoms with Crippen molar-refractivity contribution in [3.63, 3.8) is 0 Å². The number of carbonyl (C=O) groups excluding carboxylic acids is 2. The number of ether oxygens (including phenoxy) is 1. The summed E-state index contributed by atoms with van der Waals surface area (Å²) in [5.41, 5.74) is 3.42. The Balaban J connectivity index is 1.61. The standard InChI is InChI=1S/C22H25N3O4/c26-12-14-29-13-11-25-21(27)15-3-5-17(23-7-1-8-23)20-18(24-9-2-10-24)6-4-16(19(15)20)22(25)28/h3-6,26H,1-2,7-14H2. The third-order valence-electron chi connectivity index (χ3n) is 6.16. The quantitative estimate of drug-likeness (QED) is 0.570. The van der Waals surface area contributed by atoms with E-state index in [2.05, 4.69) is 9.80 Å². The number of amides is 2. The van der Waals surface area contributed by atoms with Crippen molar-refractivity contribution in [2.75, 3.05) is 62.3 Å². The summed E-state index contributed by atoms with van der Waals surface area (Å²) >= 11 is 0. The molecule has 2 aromatic carbocycles. The van der Waals surface area contributed by atoms with Gasteiger partial charge >= 0.3 is 0 Å². The van der Waals surface area contributed by atoms with Crippen molar-refractivity contribution in [2.45, 2.75) is 12.8 Å². The smallest absolute Gasteiger partial charge is 0.261 e. The maximum absolute atomic E-state index is 13.2. The van der Waals surface area contributed by atoms with E-state index in [1.54, 1.807) is 0 Å². The molecular weight excluding hydrogens is 370 g/mol. The second-order valence-electron chi connectivity index (χ2n) is 7.79. The first-order valence-corrected chi connectivity index (χ1v) is 10.3. The van der Waals surface area contributed by atoms with Crippen LogP contribution in [0.3, 0.4) is 0 Å². The Morgan fingerprint density at radius 3 is 1.79 bits per heavy atom. The summed E-state index contributed by atoms with van der Waals surface area (Å²) < 4.78 is 5.28. The molecule has 1 N–H and O–H groups in total. The summed E-state index contributed by atoms with van der Waals surface area (Å²) in [5, 5.41) is 10.7. The van der Waals surface area contributed by atoms with Gasteiger partial charge < -0.3 is 19.6 Å². The van der Waals surface area contributed by atoms with Crippen molar-refractivity contribution in [3.05, 3.63) is 35.4 Å². The Morgan fingerprint density at radius 2 is 1.34 bits per heavy atom.